The molecule has 0 aliphatic heterocycles. The first kappa shape index (κ1) is 24.8. The average Bonchev–Trinajstić information content (AvgIpc) is 2.90. The Kier molecular flexibility index (Phi) is 7.78. The van der Waals surface area contributed by atoms with E-state index < -0.39 is 0 Å². The van der Waals surface area contributed by atoms with Gasteiger partial charge < -0.3 is 4.90 Å². The van der Waals surface area contributed by atoms with Gasteiger partial charge in [0.1, 0.15) is 11.4 Å². The summed E-state index contributed by atoms with van der Waals surface area (Å²) in [6, 6.07) is 25.6. The third kappa shape index (κ3) is 5.06. The SMILES string of the molecule is CCn1nc(-c2ccccc2)c(C(C)=O)c(N(c2cccc(SC)c2)c2cccc(SC)c2)c1=O. The van der Waals surface area contributed by atoms with Crippen LogP contribution >= 0.6 is 23.5 Å². The van der Waals surface area contributed by atoms with Crippen molar-refractivity contribution in [3.63, 3.8) is 0 Å². The number of carbonyl (C=O) groups is 1. The van der Waals surface area contributed by atoms with Crippen molar-refractivity contribution in [1.29, 1.82) is 0 Å². The summed E-state index contributed by atoms with van der Waals surface area (Å²) >= 11 is 3.25. The van der Waals surface area contributed by atoms with E-state index in [1.807, 2.05) is 103 Å². The van der Waals surface area contributed by atoms with Gasteiger partial charge in [-0.1, -0.05) is 42.5 Å². The maximum Gasteiger partial charge on any atom is 0.291 e. The van der Waals surface area contributed by atoms with Gasteiger partial charge in [-0.2, -0.15) is 5.10 Å². The monoisotopic (exact) mass is 501 g/mol. The Morgan fingerprint density at radius 3 is 1.94 bits per heavy atom. The molecule has 4 rings (SSSR count). The number of benzene rings is 3. The van der Waals surface area contributed by atoms with Crippen LogP contribution in [0.15, 0.2) is 93.4 Å². The highest BCUT2D eigenvalue weighted by atomic mass is 32.2. The van der Waals surface area contributed by atoms with Gasteiger partial charge in [0.15, 0.2) is 5.78 Å². The molecule has 0 atom stereocenters. The first-order valence-corrected chi connectivity index (χ1v) is 13.7. The Morgan fingerprint density at radius 1 is 0.886 bits per heavy atom. The van der Waals surface area contributed by atoms with Crippen LogP contribution in [-0.4, -0.2) is 28.1 Å². The van der Waals surface area contributed by atoms with E-state index in [2.05, 4.69) is 5.10 Å². The second-order valence-corrected chi connectivity index (χ2v) is 9.61. The summed E-state index contributed by atoms with van der Waals surface area (Å²) < 4.78 is 1.44. The van der Waals surface area contributed by atoms with Gasteiger partial charge in [-0.05, 0) is 62.8 Å². The molecule has 7 heteroatoms. The molecule has 1 heterocycles. The van der Waals surface area contributed by atoms with Crippen LogP contribution in [0.5, 0.6) is 0 Å². The van der Waals surface area contributed by atoms with Crippen molar-refractivity contribution in [2.24, 2.45) is 0 Å². The van der Waals surface area contributed by atoms with Crippen molar-refractivity contribution in [3.05, 3.63) is 94.8 Å². The summed E-state index contributed by atoms with van der Waals surface area (Å²) in [6.45, 7) is 3.76. The number of rotatable bonds is 8. The lowest BCUT2D eigenvalue weighted by Crippen LogP contribution is -2.31. The first-order chi connectivity index (χ1) is 17.0. The lowest BCUT2D eigenvalue weighted by atomic mass is 10.0. The molecular weight excluding hydrogens is 474 g/mol. The van der Waals surface area contributed by atoms with Crippen LogP contribution in [0.1, 0.15) is 24.2 Å². The van der Waals surface area contributed by atoms with Crippen molar-refractivity contribution in [1.82, 2.24) is 9.78 Å². The third-order valence-corrected chi connectivity index (χ3v) is 7.13. The number of ketones is 1. The molecule has 0 N–H and O–H groups in total. The fourth-order valence-electron chi connectivity index (χ4n) is 4.02. The van der Waals surface area contributed by atoms with Crippen LogP contribution in [-0.2, 0) is 6.54 Å². The van der Waals surface area contributed by atoms with Gasteiger partial charge in [-0.3, -0.25) is 9.59 Å². The topological polar surface area (TPSA) is 55.2 Å². The number of hydrogen-bond acceptors (Lipinski definition) is 6. The fraction of sp³-hybridized carbons (Fsp3) is 0.179. The summed E-state index contributed by atoms with van der Waals surface area (Å²) in [4.78, 5) is 31.1. The highest BCUT2D eigenvalue weighted by molar-refractivity contribution is 7.98. The minimum atomic E-state index is -0.304. The largest absolute Gasteiger partial charge is 0.305 e. The van der Waals surface area contributed by atoms with E-state index in [0.29, 0.717) is 23.5 Å². The summed E-state index contributed by atoms with van der Waals surface area (Å²) in [5.41, 5.74) is 3.23. The quantitative estimate of drug-likeness (QED) is 0.191. The zero-order valence-electron chi connectivity index (χ0n) is 20.2. The van der Waals surface area contributed by atoms with E-state index in [9.17, 15) is 9.59 Å². The van der Waals surface area contributed by atoms with E-state index in [0.717, 1.165) is 26.7 Å². The molecule has 178 valence electrons. The molecule has 4 aromatic rings. The normalized spacial score (nSPS) is 10.9. The number of nitrogens with zero attached hydrogens (tertiary/aromatic N) is 3. The zero-order valence-corrected chi connectivity index (χ0v) is 21.8. The Balaban J connectivity index is 2.14. The van der Waals surface area contributed by atoms with Crippen LogP contribution in [0.25, 0.3) is 11.3 Å². The van der Waals surface area contributed by atoms with Crippen LogP contribution in [0.4, 0.5) is 17.1 Å². The van der Waals surface area contributed by atoms with Gasteiger partial charge in [-0.15, -0.1) is 23.5 Å². The van der Waals surface area contributed by atoms with Crippen LogP contribution in [0.3, 0.4) is 0 Å². The molecule has 5 nitrogen and oxygen atoms in total. The molecule has 35 heavy (non-hydrogen) atoms. The van der Waals surface area contributed by atoms with Gasteiger partial charge in [0, 0.05) is 33.3 Å². The molecule has 0 unspecified atom stereocenters. The van der Waals surface area contributed by atoms with E-state index >= 15 is 0 Å². The Labute approximate surface area is 214 Å². The number of thioether (sulfide) groups is 2. The van der Waals surface area contributed by atoms with Crippen molar-refractivity contribution < 1.29 is 4.79 Å². The number of hydrogen-bond donors (Lipinski definition) is 0. The standard InChI is InChI=1S/C28H27N3O2S2/c1-5-30-28(33)27(25(19(2)32)26(29-30)20-11-7-6-8-12-20)31(21-13-9-15-23(17-21)34-3)22-14-10-16-24(18-22)35-4/h6-18H,5H2,1-4H3. The van der Waals surface area contributed by atoms with Crippen LogP contribution < -0.4 is 10.5 Å². The molecule has 0 saturated heterocycles. The summed E-state index contributed by atoms with van der Waals surface area (Å²) in [7, 11) is 0. The van der Waals surface area contributed by atoms with E-state index in [1.54, 1.807) is 23.5 Å². The maximum absolute atomic E-state index is 13.9. The number of carbonyl (C=O) groups excluding carboxylic acids is 1. The predicted octanol–water partition coefficient (Wildman–Crippen LogP) is 7.05. The van der Waals surface area contributed by atoms with Crippen molar-refractivity contribution >= 4 is 46.4 Å². The summed E-state index contributed by atoms with van der Waals surface area (Å²) in [5.74, 6) is -0.209. The van der Waals surface area contributed by atoms with Gasteiger partial charge in [-0.25, -0.2) is 4.68 Å². The zero-order chi connectivity index (χ0) is 24.9. The Bertz CT molecular complexity index is 1370. The van der Waals surface area contributed by atoms with Crippen molar-refractivity contribution in [2.45, 2.75) is 30.2 Å². The number of Topliss-reactive ketones (excluding diaryl/α,β-unsaturated/α-hetero) is 1. The number of aryl methyl sites for hydroxylation is 1. The predicted molar refractivity (Wildman–Crippen MR) is 148 cm³/mol. The maximum atomic E-state index is 13.9. The molecule has 0 spiro atoms. The Hall–Kier alpha value is -3.29. The molecule has 0 radical (unpaired) electrons. The third-order valence-electron chi connectivity index (χ3n) is 5.68. The lowest BCUT2D eigenvalue weighted by Gasteiger charge is -2.28. The summed E-state index contributed by atoms with van der Waals surface area (Å²) in [6.07, 6.45) is 4.03. The Morgan fingerprint density at radius 2 is 1.46 bits per heavy atom. The molecular formula is C28H27N3O2S2. The molecule has 0 saturated carbocycles. The highest BCUT2D eigenvalue weighted by Gasteiger charge is 2.28. The minimum Gasteiger partial charge on any atom is -0.305 e. The van der Waals surface area contributed by atoms with E-state index in [1.165, 1.54) is 11.6 Å². The highest BCUT2D eigenvalue weighted by Crippen LogP contribution is 2.39. The van der Waals surface area contributed by atoms with Gasteiger partial charge in [0.05, 0.1) is 5.56 Å². The number of aromatic nitrogens is 2. The average molecular weight is 502 g/mol. The number of anilines is 3. The molecule has 0 bridgehead atoms. The molecule has 0 amide bonds. The summed E-state index contributed by atoms with van der Waals surface area (Å²) in [5, 5.41) is 4.63. The van der Waals surface area contributed by atoms with E-state index in [-0.39, 0.29) is 11.3 Å². The fourth-order valence-corrected chi connectivity index (χ4v) is 4.92. The first-order valence-electron chi connectivity index (χ1n) is 11.3. The van der Waals surface area contributed by atoms with Crippen molar-refractivity contribution in [3.8, 4) is 11.3 Å². The smallest absolute Gasteiger partial charge is 0.291 e. The van der Waals surface area contributed by atoms with Gasteiger partial charge in [0.2, 0.25) is 0 Å². The van der Waals surface area contributed by atoms with Crippen molar-refractivity contribution in [2.75, 3.05) is 17.4 Å². The lowest BCUT2D eigenvalue weighted by molar-refractivity contribution is 0.101. The minimum absolute atomic E-state index is 0.209. The van der Waals surface area contributed by atoms with E-state index in [4.69, 9.17) is 0 Å². The van der Waals surface area contributed by atoms with Gasteiger partial charge >= 0.3 is 0 Å². The molecule has 0 fully saturated rings. The van der Waals surface area contributed by atoms with Crippen LogP contribution in [0.2, 0.25) is 0 Å². The molecule has 0 aliphatic carbocycles. The van der Waals surface area contributed by atoms with Crippen LogP contribution in [0, 0.1) is 0 Å². The second kappa shape index (κ2) is 11.0. The molecule has 0 aliphatic rings. The second-order valence-electron chi connectivity index (χ2n) is 7.85. The van der Waals surface area contributed by atoms with Gasteiger partial charge in [0.25, 0.3) is 5.56 Å². The molecule has 1 aromatic heterocycles. The molecule has 3 aromatic carbocycles.